The lowest BCUT2D eigenvalue weighted by Crippen LogP contribution is -2.14. The Morgan fingerprint density at radius 1 is 1.17 bits per heavy atom. The van der Waals surface area contributed by atoms with E-state index in [1.54, 1.807) is 31.4 Å². The summed E-state index contributed by atoms with van der Waals surface area (Å²) in [4.78, 5) is 12.3. The Morgan fingerprint density at radius 2 is 2.00 bits per heavy atom. The highest BCUT2D eigenvalue weighted by Crippen LogP contribution is 2.29. The average molecular weight is 329 g/mol. The lowest BCUT2D eigenvalue weighted by molar-refractivity contribution is -0.115. The Kier molecular flexibility index (Phi) is 4.37. The lowest BCUT2D eigenvalue weighted by atomic mass is 10.1. The Morgan fingerprint density at radius 3 is 2.75 bits per heavy atom. The minimum atomic E-state index is -0.373. The molecular formula is C18H16FNO4. The third-order valence-corrected chi connectivity index (χ3v) is 3.65. The number of hydrogen-bond donors (Lipinski definition) is 1. The summed E-state index contributed by atoms with van der Waals surface area (Å²) in [6.07, 6.45) is 1.53. The first-order chi connectivity index (χ1) is 11.6. The number of benzene rings is 2. The molecule has 0 spiro atoms. The SMILES string of the molecule is COc1ccc(NC(=O)Cc2coc3ccc(F)cc23)c(OC)c1. The van der Waals surface area contributed by atoms with Gasteiger partial charge in [-0.05, 0) is 30.3 Å². The quantitative estimate of drug-likeness (QED) is 0.774. The number of anilines is 1. The maximum atomic E-state index is 13.4. The fraction of sp³-hybridized carbons (Fsp3) is 0.167. The van der Waals surface area contributed by atoms with Crippen LogP contribution in [-0.4, -0.2) is 20.1 Å². The Hall–Kier alpha value is -3.02. The Labute approximate surface area is 138 Å². The van der Waals surface area contributed by atoms with Crippen LogP contribution in [0.4, 0.5) is 10.1 Å². The fourth-order valence-electron chi connectivity index (χ4n) is 2.46. The summed E-state index contributed by atoms with van der Waals surface area (Å²) in [5.74, 6) is 0.486. The van der Waals surface area contributed by atoms with Crippen molar-refractivity contribution in [1.29, 1.82) is 0 Å². The summed E-state index contributed by atoms with van der Waals surface area (Å²) in [7, 11) is 3.06. The highest BCUT2D eigenvalue weighted by molar-refractivity contribution is 5.96. The topological polar surface area (TPSA) is 60.7 Å². The van der Waals surface area contributed by atoms with Crippen LogP contribution < -0.4 is 14.8 Å². The molecule has 0 fully saturated rings. The molecule has 0 aliphatic carbocycles. The molecule has 0 aliphatic heterocycles. The molecule has 0 atom stereocenters. The number of nitrogens with one attached hydrogen (secondary N) is 1. The summed E-state index contributed by atoms with van der Waals surface area (Å²) in [5, 5.41) is 3.37. The van der Waals surface area contributed by atoms with Crippen LogP contribution in [0.25, 0.3) is 11.0 Å². The van der Waals surface area contributed by atoms with Crippen molar-refractivity contribution < 1.29 is 23.1 Å². The first-order valence-corrected chi connectivity index (χ1v) is 7.28. The molecule has 6 heteroatoms. The second kappa shape index (κ2) is 6.62. The molecular weight excluding hydrogens is 313 g/mol. The van der Waals surface area contributed by atoms with Gasteiger partial charge in [0.05, 0.1) is 32.6 Å². The van der Waals surface area contributed by atoms with Crippen molar-refractivity contribution in [3.63, 3.8) is 0 Å². The van der Waals surface area contributed by atoms with Gasteiger partial charge in [0.15, 0.2) is 0 Å². The number of carbonyl (C=O) groups is 1. The van der Waals surface area contributed by atoms with Crippen molar-refractivity contribution in [2.24, 2.45) is 0 Å². The Balaban J connectivity index is 1.79. The smallest absolute Gasteiger partial charge is 0.229 e. The fourth-order valence-corrected chi connectivity index (χ4v) is 2.46. The van der Waals surface area contributed by atoms with Gasteiger partial charge >= 0.3 is 0 Å². The minimum Gasteiger partial charge on any atom is -0.497 e. The van der Waals surface area contributed by atoms with Crippen molar-refractivity contribution in [1.82, 2.24) is 0 Å². The van der Waals surface area contributed by atoms with Gasteiger partial charge in [-0.2, -0.15) is 0 Å². The van der Waals surface area contributed by atoms with Crippen molar-refractivity contribution in [3.05, 3.63) is 54.0 Å². The van der Waals surface area contributed by atoms with E-state index in [-0.39, 0.29) is 18.1 Å². The van der Waals surface area contributed by atoms with Crippen LogP contribution in [0.1, 0.15) is 5.56 Å². The van der Waals surface area contributed by atoms with Gasteiger partial charge in [-0.1, -0.05) is 0 Å². The molecule has 2 aromatic carbocycles. The van der Waals surface area contributed by atoms with Gasteiger partial charge in [0.25, 0.3) is 0 Å². The van der Waals surface area contributed by atoms with E-state index in [1.165, 1.54) is 25.5 Å². The van der Waals surface area contributed by atoms with Crippen molar-refractivity contribution in [2.45, 2.75) is 6.42 Å². The summed E-state index contributed by atoms with van der Waals surface area (Å²) >= 11 is 0. The number of halogens is 1. The number of carbonyl (C=O) groups excluding carboxylic acids is 1. The first kappa shape index (κ1) is 15.9. The zero-order valence-electron chi connectivity index (χ0n) is 13.3. The molecule has 124 valence electrons. The van der Waals surface area contributed by atoms with Crippen molar-refractivity contribution in [2.75, 3.05) is 19.5 Å². The molecule has 0 saturated carbocycles. The van der Waals surface area contributed by atoms with E-state index in [4.69, 9.17) is 13.9 Å². The maximum absolute atomic E-state index is 13.4. The monoisotopic (exact) mass is 329 g/mol. The van der Waals surface area contributed by atoms with Gasteiger partial charge in [0, 0.05) is 17.0 Å². The van der Waals surface area contributed by atoms with Gasteiger partial charge in [-0.25, -0.2) is 4.39 Å². The molecule has 0 aliphatic rings. The largest absolute Gasteiger partial charge is 0.497 e. The zero-order chi connectivity index (χ0) is 17.1. The predicted octanol–water partition coefficient (Wildman–Crippen LogP) is 3.77. The van der Waals surface area contributed by atoms with Crippen LogP contribution in [0, 0.1) is 5.82 Å². The average Bonchev–Trinajstić information content (AvgIpc) is 2.97. The van der Waals surface area contributed by atoms with E-state index in [9.17, 15) is 9.18 Å². The summed E-state index contributed by atoms with van der Waals surface area (Å²) in [6.45, 7) is 0. The molecule has 24 heavy (non-hydrogen) atoms. The maximum Gasteiger partial charge on any atom is 0.229 e. The normalized spacial score (nSPS) is 10.6. The van der Waals surface area contributed by atoms with Gasteiger partial charge in [0.1, 0.15) is 22.9 Å². The van der Waals surface area contributed by atoms with Crippen LogP contribution in [-0.2, 0) is 11.2 Å². The number of rotatable bonds is 5. The van der Waals surface area contributed by atoms with Crippen LogP contribution in [0.3, 0.4) is 0 Å². The molecule has 3 aromatic rings. The van der Waals surface area contributed by atoms with Crippen LogP contribution in [0.2, 0.25) is 0 Å². The number of fused-ring (bicyclic) bond motifs is 1. The van der Waals surface area contributed by atoms with E-state index in [0.29, 0.717) is 33.7 Å². The second-order valence-electron chi connectivity index (χ2n) is 5.19. The lowest BCUT2D eigenvalue weighted by Gasteiger charge is -2.11. The summed E-state index contributed by atoms with van der Waals surface area (Å²) in [6, 6.07) is 9.31. The summed E-state index contributed by atoms with van der Waals surface area (Å²) in [5.41, 5.74) is 1.69. The van der Waals surface area contributed by atoms with Gasteiger partial charge in [-0.3, -0.25) is 4.79 Å². The standard InChI is InChI=1S/C18H16FNO4/c1-22-13-4-5-15(17(9-13)23-2)20-18(21)7-11-10-24-16-6-3-12(19)8-14(11)16/h3-6,8-10H,7H2,1-2H3,(H,20,21). The van der Waals surface area contributed by atoms with E-state index in [0.717, 1.165) is 0 Å². The number of methoxy groups -OCH3 is 2. The van der Waals surface area contributed by atoms with Crippen molar-refractivity contribution in [3.8, 4) is 11.5 Å². The number of amides is 1. The zero-order valence-corrected chi connectivity index (χ0v) is 13.3. The van der Waals surface area contributed by atoms with Crippen LogP contribution in [0.5, 0.6) is 11.5 Å². The molecule has 1 N–H and O–H groups in total. The van der Waals surface area contributed by atoms with Gasteiger partial charge in [-0.15, -0.1) is 0 Å². The minimum absolute atomic E-state index is 0.0611. The van der Waals surface area contributed by atoms with Crippen LogP contribution in [0.15, 0.2) is 47.1 Å². The molecule has 1 heterocycles. The highest BCUT2D eigenvalue weighted by atomic mass is 19.1. The summed E-state index contributed by atoms with van der Waals surface area (Å²) < 4.78 is 29.1. The molecule has 0 unspecified atom stereocenters. The second-order valence-corrected chi connectivity index (χ2v) is 5.19. The third kappa shape index (κ3) is 3.17. The van der Waals surface area contributed by atoms with E-state index >= 15 is 0 Å². The molecule has 0 radical (unpaired) electrons. The molecule has 0 bridgehead atoms. The number of hydrogen-bond acceptors (Lipinski definition) is 4. The number of ether oxygens (including phenoxy) is 2. The molecule has 1 aromatic heterocycles. The first-order valence-electron chi connectivity index (χ1n) is 7.28. The molecule has 5 nitrogen and oxygen atoms in total. The third-order valence-electron chi connectivity index (χ3n) is 3.65. The molecule has 1 amide bonds. The van der Waals surface area contributed by atoms with E-state index < -0.39 is 0 Å². The van der Waals surface area contributed by atoms with Gasteiger partial charge < -0.3 is 19.2 Å². The van der Waals surface area contributed by atoms with E-state index in [2.05, 4.69) is 5.32 Å². The molecule has 0 saturated heterocycles. The number of furan rings is 1. The van der Waals surface area contributed by atoms with Gasteiger partial charge in [0.2, 0.25) is 5.91 Å². The van der Waals surface area contributed by atoms with Crippen molar-refractivity contribution >= 4 is 22.6 Å². The Bertz CT molecular complexity index is 888. The molecule has 3 rings (SSSR count). The predicted molar refractivity (Wildman–Crippen MR) is 88.1 cm³/mol. The highest BCUT2D eigenvalue weighted by Gasteiger charge is 2.13. The van der Waals surface area contributed by atoms with Crippen LogP contribution >= 0.6 is 0 Å². The van der Waals surface area contributed by atoms with E-state index in [1.807, 2.05) is 0 Å².